The third kappa shape index (κ3) is 7.49. The van der Waals surface area contributed by atoms with Gasteiger partial charge in [0.15, 0.2) is 0 Å². The fourth-order valence-electron chi connectivity index (χ4n) is 7.07. The largest absolute Gasteiger partial charge is 0.300 e. The van der Waals surface area contributed by atoms with E-state index in [-0.39, 0.29) is 0 Å². The fourth-order valence-corrected chi connectivity index (χ4v) is 7.07. The lowest BCUT2D eigenvalue weighted by Gasteiger charge is -2.54. The quantitative estimate of drug-likeness (QED) is 0.484. The summed E-state index contributed by atoms with van der Waals surface area (Å²) >= 11 is 0. The molecule has 0 saturated carbocycles. The molecule has 0 aromatic rings. The Kier molecular flexibility index (Phi) is 8.82. The zero-order valence-electron chi connectivity index (χ0n) is 26.4. The summed E-state index contributed by atoms with van der Waals surface area (Å²) in [6, 6.07) is 1.57. The molecule has 0 radical (unpaired) electrons. The summed E-state index contributed by atoms with van der Waals surface area (Å²) in [6.07, 6.45) is 2.61. The van der Waals surface area contributed by atoms with E-state index in [0.717, 1.165) is 12.1 Å². The molecule has 0 amide bonds. The second-order valence-corrected chi connectivity index (χ2v) is 16.3. The van der Waals surface area contributed by atoms with Gasteiger partial charge in [-0.2, -0.15) is 0 Å². The molecule has 4 heterocycles. The monoisotopic (exact) mass is 519 g/mol. The summed E-state index contributed by atoms with van der Waals surface area (Å²) < 4.78 is 0. The first-order valence-electron chi connectivity index (χ1n) is 15.5. The lowest BCUT2D eigenvalue weighted by molar-refractivity contribution is -0.0517. The van der Waals surface area contributed by atoms with E-state index in [0.29, 0.717) is 22.0 Å². The summed E-state index contributed by atoms with van der Waals surface area (Å²) in [5.74, 6) is 0. The first kappa shape index (κ1) is 29.7. The molecule has 0 bridgehead atoms. The van der Waals surface area contributed by atoms with Gasteiger partial charge in [0.05, 0.1) is 0 Å². The molecule has 0 N–H and O–H groups in total. The third-order valence-corrected chi connectivity index (χ3v) is 10.3. The highest BCUT2D eigenvalue weighted by atomic mass is 15.4. The Labute approximate surface area is 230 Å². The van der Waals surface area contributed by atoms with Gasteiger partial charge in [-0.25, -0.2) is 0 Å². The van der Waals surface area contributed by atoms with Crippen LogP contribution >= 0.6 is 0 Å². The van der Waals surface area contributed by atoms with Crippen LogP contribution in [0.1, 0.15) is 82.1 Å². The first-order valence-corrected chi connectivity index (χ1v) is 15.5. The van der Waals surface area contributed by atoms with Crippen LogP contribution < -0.4 is 0 Å². The summed E-state index contributed by atoms with van der Waals surface area (Å²) in [5.41, 5.74) is 1.32. The van der Waals surface area contributed by atoms with E-state index in [1.54, 1.807) is 0 Å². The number of piperazine rings is 2. The van der Waals surface area contributed by atoms with Crippen LogP contribution in [0.5, 0.6) is 0 Å². The third-order valence-electron chi connectivity index (χ3n) is 10.3. The Morgan fingerprint density at radius 3 is 1.38 bits per heavy atom. The van der Waals surface area contributed by atoms with Gasteiger partial charge in [-0.1, -0.05) is 13.8 Å². The van der Waals surface area contributed by atoms with Crippen molar-refractivity contribution in [3.63, 3.8) is 0 Å². The average Bonchev–Trinajstić information content (AvgIpc) is 2.73. The zero-order valence-corrected chi connectivity index (χ0v) is 26.4. The number of hydrogen-bond donors (Lipinski definition) is 0. The van der Waals surface area contributed by atoms with Crippen molar-refractivity contribution in [2.45, 2.75) is 111 Å². The first-order chi connectivity index (χ1) is 17.0. The van der Waals surface area contributed by atoms with E-state index < -0.39 is 0 Å². The van der Waals surface area contributed by atoms with Crippen LogP contribution in [-0.4, -0.2) is 143 Å². The highest BCUT2D eigenvalue weighted by molar-refractivity contribution is 4.98. The predicted octanol–water partition coefficient (Wildman–Crippen LogP) is 3.77. The van der Waals surface area contributed by atoms with Gasteiger partial charge < -0.3 is 0 Å². The Morgan fingerprint density at radius 1 is 0.486 bits per heavy atom. The molecule has 4 aliphatic rings. The molecule has 0 aliphatic carbocycles. The SMILES string of the molecule is CC(C)(CCC(C)(C)N1CCN(C2CN(C(C)(C)C)C2)CC1)CN1CC(N2CCN(C(C)(C)C)CC2)C1. The molecule has 0 spiro atoms. The van der Waals surface area contributed by atoms with Crippen LogP contribution in [0.3, 0.4) is 0 Å². The smallest absolute Gasteiger partial charge is 0.0351 e. The molecule has 0 aromatic heterocycles. The van der Waals surface area contributed by atoms with E-state index in [1.807, 2.05) is 0 Å². The Morgan fingerprint density at radius 2 is 0.919 bits per heavy atom. The van der Waals surface area contributed by atoms with E-state index in [9.17, 15) is 0 Å². The van der Waals surface area contributed by atoms with Crippen LogP contribution in [0.2, 0.25) is 0 Å². The van der Waals surface area contributed by atoms with Crippen LogP contribution in [-0.2, 0) is 0 Å². The molecule has 0 aromatic carbocycles. The maximum Gasteiger partial charge on any atom is 0.0351 e. The van der Waals surface area contributed by atoms with Crippen molar-refractivity contribution in [1.82, 2.24) is 29.4 Å². The second kappa shape index (κ2) is 11.0. The minimum Gasteiger partial charge on any atom is -0.300 e. The molecular formula is C31H62N6. The van der Waals surface area contributed by atoms with Gasteiger partial charge in [0.2, 0.25) is 0 Å². The lowest BCUT2D eigenvalue weighted by atomic mass is 9.81. The zero-order chi connectivity index (χ0) is 27.2. The van der Waals surface area contributed by atoms with Gasteiger partial charge >= 0.3 is 0 Å². The molecule has 4 saturated heterocycles. The highest BCUT2D eigenvalue weighted by Crippen LogP contribution is 2.33. The molecule has 4 fully saturated rings. The minimum atomic E-state index is 0.296. The van der Waals surface area contributed by atoms with Crippen molar-refractivity contribution in [2.75, 3.05) is 85.1 Å². The van der Waals surface area contributed by atoms with E-state index in [2.05, 4.69) is 98.6 Å². The van der Waals surface area contributed by atoms with E-state index >= 15 is 0 Å². The van der Waals surface area contributed by atoms with Crippen molar-refractivity contribution in [3.05, 3.63) is 0 Å². The van der Waals surface area contributed by atoms with Gasteiger partial charge in [0.25, 0.3) is 0 Å². The van der Waals surface area contributed by atoms with Crippen molar-refractivity contribution < 1.29 is 0 Å². The van der Waals surface area contributed by atoms with E-state index in [1.165, 1.54) is 97.9 Å². The lowest BCUT2D eigenvalue weighted by Crippen LogP contribution is -2.67. The topological polar surface area (TPSA) is 19.4 Å². The summed E-state index contributed by atoms with van der Waals surface area (Å²) in [6.45, 7) is 40.3. The predicted molar refractivity (Wildman–Crippen MR) is 158 cm³/mol. The molecule has 0 unspecified atom stereocenters. The number of hydrogen-bond acceptors (Lipinski definition) is 6. The Balaban J connectivity index is 1.13. The number of likely N-dealkylation sites (tertiary alicyclic amines) is 2. The van der Waals surface area contributed by atoms with Gasteiger partial charge in [0, 0.05) is 114 Å². The van der Waals surface area contributed by atoms with Crippen molar-refractivity contribution in [3.8, 4) is 0 Å². The minimum absolute atomic E-state index is 0.296. The summed E-state index contributed by atoms with van der Waals surface area (Å²) in [5, 5.41) is 0. The molecule has 37 heavy (non-hydrogen) atoms. The average molecular weight is 519 g/mol. The van der Waals surface area contributed by atoms with Crippen LogP contribution in [0, 0.1) is 5.41 Å². The van der Waals surface area contributed by atoms with Gasteiger partial charge in [-0.3, -0.25) is 29.4 Å². The second-order valence-electron chi connectivity index (χ2n) is 16.3. The molecule has 6 heteroatoms. The standard InChI is InChI=1S/C31H62N6/c1-28(2,3)35-17-13-33(14-18-35)26-21-32(22-26)25-30(7,8)11-12-31(9,10)36-19-15-34(16-20-36)27-23-37(24-27)29(4,5)6/h26-27H,11-25H2,1-10H3. The van der Waals surface area contributed by atoms with E-state index in [4.69, 9.17) is 0 Å². The van der Waals surface area contributed by atoms with Crippen molar-refractivity contribution in [1.29, 1.82) is 0 Å². The van der Waals surface area contributed by atoms with Crippen LogP contribution in [0.15, 0.2) is 0 Å². The molecule has 6 nitrogen and oxygen atoms in total. The van der Waals surface area contributed by atoms with Crippen LogP contribution in [0.25, 0.3) is 0 Å². The maximum absolute atomic E-state index is 2.79. The molecule has 216 valence electrons. The fraction of sp³-hybridized carbons (Fsp3) is 1.00. The van der Waals surface area contributed by atoms with Gasteiger partial charge in [-0.05, 0) is 73.6 Å². The Bertz CT molecular complexity index is 722. The summed E-state index contributed by atoms with van der Waals surface area (Å²) in [7, 11) is 0. The number of rotatable bonds is 8. The Hall–Kier alpha value is -0.240. The van der Waals surface area contributed by atoms with Crippen molar-refractivity contribution >= 4 is 0 Å². The molecule has 0 atom stereocenters. The van der Waals surface area contributed by atoms with Crippen LogP contribution in [0.4, 0.5) is 0 Å². The summed E-state index contributed by atoms with van der Waals surface area (Å²) in [4.78, 5) is 16.3. The highest BCUT2D eigenvalue weighted by Gasteiger charge is 2.41. The molecule has 4 rings (SSSR count). The maximum atomic E-state index is 2.79. The van der Waals surface area contributed by atoms with Gasteiger partial charge in [0.1, 0.15) is 0 Å². The normalized spacial score (nSPS) is 26.4. The molecular weight excluding hydrogens is 456 g/mol. The molecule has 4 aliphatic heterocycles. The number of nitrogens with zero attached hydrogens (tertiary/aromatic N) is 6. The van der Waals surface area contributed by atoms with Crippen molar-refractivity contribution in [2.24, 2.45) is 5.41 Å². The van der Waals surface area contributed by atoms with Gasteiger partial charge in [-0.15, -0.1) is 0 Å².